The van der Waals surface area contributed by atoms with E-state index in [1.165, 1.54) is 15.3 Å². The second-order valence-electron chi connectivity index (χ2n) is 4.95. The highest BCUT2D eigenvalue weighted by atomic mass is 32.1. The molecular weight excluding hydrogens is 248 g/mol. The Morgan fingerprint density at radius 1 is 1.61 bits per heavy atom. The lowest BCUT2D eigenvalue weighted by Gasteiger charge is -2.17. The Bertz CT molecular complexity index is 444. The highest BCUT2D eigenvalue weighted by molar-refractivity contribution is 7.12. The van der Waals surface area contributed by atoms with E-state index in [-0.39, 0.29) is 18.0 Å². The summed E-state index contributed by atoms with van der Waals surface area (Å²) in [5, 5.41) is 15.4. The predicted octanol–water partition coefficient (Wildman–Crippen LogP) is 1.26. The number of aryl methyl sites for hydroxylation is 2. The molecule has 0 unspecified atom stereocenters. The maximum absolute atomic E-state index is 12.0. The summed E-state index contributed by atoms with van der Waals surface area (Å²) in [6, 6.07) is 1.88. The number of nitrogens with one attached hydrogen (secondary N) is 2. The molecule has 1 saturated heterocycles. The Labute approximate surface area is 111 Å². The monoisotopic (exact) mass is 268 g/mol. The van der Waals surface area contributed by atoms with Crippen LogP contribution in [0.3, 0.4) is 0 Å². The lowest BCUT2D eigenvalue weighted by molar-refractivity contribution is -0.123. The van der Waals surface area contributed by atoms with Gasteiger partial charge in [0.1, 0.15) is 0 Å². The van der Waals surface area contributed by atoms with Gasteiger partial charge in [0.2, 0.25) is 5.91 Å². The Kier molecular flexibility index (Phi) is 4.04. The minimum atomic E-state index is -0.402. The number of amides is 1. The van der Waals surface area contributed by atoms with Crippen LogP contribution in [0.1, 0.15) is 34.7 Å². The minimum Gasteiger partial charge on any atom is -0.392 e. The summed E-state index contributed by atoms with van der Waals surface area (Å²) >= 11 is 1.75. The molecule has 0 saturated carbocycles. The number of aliphatic hydroxyl groups is 1. The zero-order valence-electron chi connectivity index (χ0n) is 11.0. The lowest BCUT2D eigenvalue weighted by atomic mass is 10.1. The fourth-order valence-corrected chi connectivity index (χ4v) is 3.41. The van der Waals surface area contributed by atoms with Crippen molar-refractivity contribution in [3.63, 3.8) is 0 Å². The summed E-state index contributed by atoms with van der Waals surface area (Å²) in [6.07, 6.45) is 0.0985. The van der Waals surface area contributed by atoms with Crippen molar-refractivity contribution >= 4 is 17.2 Å². The summed E-state index contributed by atoms with van der Waals surface area (Å²) in [5.74, 6) is -0.0256. The number of thiophene rings is 1. The number of hydrogen-bond acceptors (Lipinski definition) is 4. The third-order valence-corrected chi connectivity index (χ3v) is 4.31. The van der Waals surface area contributed by atoms with Crippen molar-refractivity contribution < 1.29 is 9.90 Å². The topological polar surface area (TPSA) is 61.4 Å². The number of hydrogen-bond donors (Lipinski definition) is 3. The molecule has 0 aliphatic carbocycles. The van der Waals surface area contributed by atoms with Crippen molar-refractivity contribution in [1.82, 2.24) is 10.6 Å². The van der Waals surface area contributed by atoms with E-state index in [0.29, 0.717) is 13.0 Å². The van der Waals surface area contributed by atoms with Crippen molar-refractivity contribution in [2.45, 2.75) is 45.4 Å². The molecule has 0 aromatic carbocycles. The smallest absolute Gasteiger partial charge is 0.237 e. The molecule has 1 aliphatic rings. The largest absolute Gasteiger partial charge is 0.392 e. The van der Waals surface area contributed by atoms with Crippen LogP contribution in [0.4, 0.5) is 0 Å². The molecule has 3 atom stereocenters. The number of carbonyl (C=O) groups excluding carboxylic acids is 1. The first-order valence-electron chi connectivity index (χ1n) is 6.26. The Balaban J connectivity index is 1.97. The summed E-state index contributed by atoms with van der Waals surface area (Å²) in [7, 11) is 0. The average Bonchev–Trinajstić information content (AvgIpc) is 2.84. The van der Waals surface area contributed by atoms with Crippen LogP contribution in [0.2, 0.25) is 0 Å². The lowest BCUT2D eigenvalue weighted by Crippen LogP contribution is -2.41. The summed E-state index contributed by atoms with van der Waals surface area (Å²) < 4.78 is 0. The average molecular weight is 268 g/mol. The van der Waals surface area contributed by atoms with Gasteiger partial charge in [0.15, 0.2) is 0 Å². The Hall–Kier alpha value is -0.910. The molecule has 2 heterocycles. The third-order valence-electron chi connectivity index (χ3n) is 3.33. The predicted molar refractivity (Wildman–Crippen MR) is 72.8 cm³/mol. The molecule has 1 aromatic heterocycles. The first-order chi connectivity index (χ1) is 8.47. The molecule has 0 bridgehead atoms. The van der Waals surface area contributed by atoms with Crippen molar-refractivity contribution in [3.8, 4) is 0 Å². The van der Waals surface area contributed by atoms with Crippen molar-refractivity contribution in [3.05, 3.63) is 21.4 Å². The molecule has 18 heavy (non-hydrogen) atoms. The third kappa shape index (κ3) is 2.91. The van der Waals surface area contributed by atoms with E-state index in [4.69, 9.17) is 0 Å². The molecule has 0 spiro atoms. The highest BCUT2D eigenvalue weighted by Crippen LogP contribution is 2.26. The second-order valence-corrected chi connectivity index (χ2v) is 6.41. The first-order valence-corrected chi connectivity index (χ1v) is 7.07. The SMILES string of the molecule is Cc1cc([C@H](C)NC(=O)[C@@H]2C[C@H](O)CN2)c(C)s1. The zero-order chi connectivity index (χ0) is 13.3. The van der Waals surface area contributed by atoms with E-state index < -0.39 is 6.10 Å². The van der Waals surface area contributed by atoms with Crippen LogP contribution in [0, 0.1) is 13.8 Å². The van der Waals surface area contributed by atoms with Gasteiger partial charge in [0.05, 0.1) is 18.2 Å². The molecule has 1 fully saturated rings. The van der Waals surface area contributed by atoms with Gasteiger partial charge in [-0.1, -0.05) is 0 Å². The number of rotatable bonds is 3. The quantitative estimate of drug-likeness (QED) is 0.773. The van der Waals surface area contributed by atoms with Gasteiger partial charge in [-0.15, -0.1) is 11.3 Å². The van der Waals surface area contributed by atoms with Gasteiger partial charge in [-0.05, 0) is 38.8 Å². The van der Waals surface area contributed by atoms with Crippen molar-refractivity contribution in [2.24, 2.45) is 0 Å². The summed E-state index contributed by atoms with van der Waals surface area (Å²) in [5.41, 5.74) is 1.18. The zero-order valence-corrected chi connectivity index (χ0v) is 11.8. The van der Waals surface area contributed by atoms with Crippen LogP contribution in [-0.4, -0.2) is 29.7 Å². The molecule has 2 rings (SSSR count). The molecule has 3 N–H and O–H groups in total. The Morgan fingerprint density at radius 2 is 2.33 bits per heavy atom. The summed E-state index contributed by atoms with van der Waals surface area (Å²) in [6.45, 7) is 6.65. The molecule has 4 nitrogen and oxygen atoms in total. The molecule has 1 aliphatic heterocycles. The molecule has 5 heteroatoms. The van der Waals surface area contributed by atoms with Gasteiger partial charge >= 0.3 is 0 Å². The van der Waals surface area contributed by atoms with Crippen LogP contribution in [0.25, 0.3) is 0 Å². The maximum atomic E-state index is 12.0. The van der Waals surface area contributed by atoms with E-state index in [0.717, 1.165) is 0 Å². The number of carbonyl (C=O) groups is 1. The summed E-state index contributed by atoms with van der Waals surface area (Å²) in [4.78, 5) is 14.5. The van der Waals surface area contributed by atoms with Crippen LogP contribution in [0.15, 0.2) is 6.07 Å². The fraction of sp³-hybridized carbons (Fsp3) is 0.615. The first kappa shape index (κ1) is 13.5. The van der Waals surface area contributed by atoms with Crippen LogP contribution >= 0.6 is 11.3 Å². The van der Waals surface area contributed by atoms with Crippen LogP contribution < -0.4 is 10.6 Å². The Morgan fingerprint density at radius 3 is 2.83 bits per heavy atom. The van der Waals surface area contributed by atoms with Gasteiger partial charge in [-0.2, -0.15) is 0 Å². The molecule has 0 radical (unpaired) electrons. The van der Waals surface area contributed by atoms with E-state index >= 15 is 0 Å². The van der Waals surface area contributed by atoms with Gasteiger partial charge in [-0.3, -0.25) is 4.79 Å². The minimum absolute atomic E-state index is 0.0157. The van der Waals surface area contributed by atoms with Gasteiger partial charge < -0.3 is 15.7 Å². The molecular formula is C13H20N2O2S. The molecule has 100 valence electrons. The number of aliphatic hydroxyl groups excluding tert-OH is 1. The second kappa shape index (κ2) is 5.38. The van der Waals surface area contributed by atoms with E-state index in [1.54, 1.807) is 11.3 Å². The molecule has 1 aromatic rings. The van der Waals surface area contributed by atoms with Gasteiger partial charge in [0, 0.05) is 16.3 Å². The highest BCUT2D eigenvalue weighted by Gasteiger charge is 2.29. The van der Waals surface area contributed by atoms with Crippen LogP contribution in [-0.2, 0) is 4.79 Å². The normalized spacial score (nSPS) is 25.1. The van der Waals surface area contributed by atoms with Gasteiger partial charge in [-0.25, -0.2) is 0 Å². The van der Waals surface area contributed by atoms with E-state index in [2.05, 4.69) is 30.5 Å². The van der Waals surface area contributed by atoms with E-state index in [1.807, 2.05) is 6.92 Å². The van der Waals surface area contributed by atoms with Crippen molar-refractivity contribution in [2.75, 3.05) is 6.54 Å². The van der Waals surface area contributed by atoms with Gasteiger partial charge in [0.25, 0.3) is 0 Å². The number of β-amino-alcohol motifs (C(OH)–C–C–N with tert-alkyl or cyclic N) is 1. The van der Waals surface area contributed by atoms with Crippen molar-refractivity contribution in [1.29, 1.82) is 0 Å². The maximum Gasteiger partial charge on any atom is 0.237 e. The fourth-order valence-electron chi connectivity index (χ4n) is 2.39. The molecule has 1 amide bonds. The standard InChI is InChI=1S/C13H20N2O2S/c1-7-4-11(9(3)18-7)8(2)15-13(17)12-5-10(16)6-14-12/h4,8,10,12,14,16H,5-6H2,1-3H3,(H,15,17)/t8-,10-,12-/m0/s1. The van der Waals surface area contributed by atoms with Crippen LogP contribution in [0.5, 0.6) is 0 Å². The van der Waals surface area contributed by atoms with E-state index in [9.17, 15) is 9.90 Å².